The molecule has 3 rings (SSSR count). The first-order chi connectivity index (χ1) is 14.0. The molecule has 0 spiro atoms. The molecule has 1 aromatic rings. The van der Waals surface area contributed by atoms with Crippen LogP contribution in [0, 0.1) is 0 Å². The van der Waals surface area contributed by atoms with Crippen molar-refractivity contribution in [1.29, 1.82) is 0 Å². The number of carbonyl (C=O) groups is 3. The minimum Gasteiger partial charge on any atom is -0.353 e. The van der Waals surface area contributed by atoms with E-state index in [4.69, 9.17) is 11.6 Å². The highest BCUT2D eigenvalue weighted by atomic mass is 35.5. The minimum absolute atomic E-state index is 0.0796. The highest BCUT2D eigenvalue weighted by molar-refractivity contribution is 6.30. The molecule has 2 aliphatic rings. The summed E-state index contributed by atoms with van der Waals surface area (Å²) in [4.78, 5) is 43.8. The van der Waals surface area contributed by atoms with Gasteiger partial charge in [-0.2, -0.15) is 0 Å². The van der Waals surface area contributed by atoms with Gasteiger partial charge in [0.25, 0.3) is 0 Å². The van der Waals surface area contributed by atoms with Gasteiger partial charge in [0.05, 0.1) is 13.0 Å². The molecule has 2 heterocycles. The third-order valence-corrected chi connectivity index (χ3v) is 5.68. The van der Waals surface area contributed by atoms with Gasteiger partial charge >= 0.3 is 0 Å². The number of hydrogen-bond donors (Lipinski definition) is 2. The van der Waals surface area contributed by atoms with E-state index >= 15 is 0 Å². The molecule has 3 amide bonds. The summed E-state index contributed by atoms with van der Waals surface area (Å²) in [5, 5.41) is 6.09. The predicted molar refractivity (Wildman–Crippen MR) is 112 cm³/mol. The quantitative estimate of drug-likeness (QED) is 0.704. The summed E-state index contributed by atoms with van der Waals surface area (Å²) in [6.07, 6.45) is -0.0796. The number of nitrogens with zero attached hydrogens (tertiary/aromatic N) is 3. The van der Waals surface area contributed by atoms with Crippen LogP contribution in [-0.2, 0) is 14.4 Å². The Hall–Kier alpha value is -2.16. The molecule has 1 atom stereocenters. The number of carbonyl (C=O) groups excluding carboxylic acids is 3. The Morgan fingerprint density at radius 2 is 1.76 bits per heavy atom. The first-order valence-corrected chi connectivity index (χ1v) is 10.4. The van der Waals surface area contributed by atoms with Gasteiger partial charge in [0, 0.05) is 50.0 Å². The second-order valence-corrected chi connectivity index (χ2v) is 7.80. The van der Waals surface area contributed by atoms with Crippen molar-refractivity contribution in [2.75, 3.05) is 57.7 Å². The Kier molecular flexibility index (Phi) is 7.46. The van der Waals surface area contributed by atoms with E-state index in [0.29, 0.717) is 23.8 Å². The average Bonchev–Trinajstić information content (AvgIpc) is 2.71. The van der Waals surface area contributed by atoms with Crippen molar-refractivity contribution < 1.29 is 14.4 Å². The molecule has 0 aliphatic carbocycles. The van der Waals surface area contributed by atoms with Gasteiger partial charge in [-0.05, 0) is 30.8 Å². The molecule has 0 radical (unpaired) electrons. The topological polar surface area (TPSA) is 85.0 Å². The number of likely N-dealkylation sites (N-methyl/N-ethyl adjacent to an activating group) is 1. The molecule has 29 heavy (non-hydrogen) atoms. The lowest BCUT2D eigenvalue weighted by atomic mass is 10.1. The molecule has 158 valence electrons. The number of nitrogens with one attached hydrogen (secondary N) is 2. The molecule has 2 saturated heterocycles. The number of hydrogen-bond acceptors (Lipinski definition) is 5. The summed E-state index contributed by atoms with van der Waals surface area (Å²) in [7, 11) is 0. The van der Waals surface area contributed by atoms with E-state index in [0.717, 1.165) is 32.7 Å². The minimum atomic E-state index is -0.791. The van der Waals surface area contributed by atoms with E-state index in [9.17, 15) is 14.4 Å². The SMILES string of the molecule is CCN1CCN(CC(=O)N2CCNC(=O)C2CC(=O)Nc2ccc(Cl)cc2)CC1. The number of benzene rings is 1. The van der Waals surface area contributed by atoms with Crippen molar-refractivity contribution in [1.82, 2.24) is 20.0 Å². The predicted octanol–water partition coefficient (Wildman–Crippen LogP) is 0.633. The van der Waals surface area contributed by atoms with Gasteiger partial charge in [-0.1, -0.05) is 18.5 Å². The highest BCUT2D eigenvalue weighted by Crippen LogP contribution is 2.16. The Morgan fingerprint density at radius 1 is 1.10 bits per heavy atom. The van der Waals surface area contributed by atoms with E-state index in [2.05, 4.69) is 27.4 Å². The van der Waals surface area contributed by atoms with Crippen molar-refractivity contribution >= 4 is 35.0 Å². The first kappa shape index (κ1) is 21.5. The Labute approximate surface area is 176 Å². The third-order valence-electron chi connectivity index (χ3n) is 5.43. The second-order valence-electron chi connectivity index (χ2n) is 7.36. The smallest absolute Gasteiger partial charge is 0.243 e. The maximum absolute atomic E-state index is 12.9. The van der Waals surface area contributed by atoms with Gasteiger partial charge in [-0.15, -0.1) is 0 Å². The first-order valence-electron chi connectivity index (χ1n) is 10.0. The van der Waals surface area contributed by atoms with Crippen LogP contribution in [0.15, 0.2) is 24.3 Å². The van der Waals surface area contributed by atoms with Gasteiger partial charge in [-0.25, -0.2) is 0 Å². The molecule has 0 bridgehead atoms. The van der Waals surface area contributed by atoms with Crippen LogP contribution in [-0.4, -0.2) is 90.8 Å². The number of amides is 3. The van der Waals surface area contributed by atoms with E-state index in [1.54, 1.807) is 29.2 Å². The molecule has 0 aromatic heterocycles. The van der Waals surface area contributed by atoms with E-state index in [1.807, 2.05) is 0 Å². The summed E-state index contributed by atoms with van der Waals surface area (Å²) in [5.41, 5.74) is 0.599. The molecule has 2 aliphatic heterocycles. The normalized spacial score (nSPS) is 21.0. The van der Waals surface area contributed by atoms with Gasteiger partial charge in [-0.3, -0.25) is 19.3 Å². The van der Waals surface area contributed by atoms with Crippen LogP contribution in [0.2, 0.25) is 5.02 Å². The summed E-state index contributed by atoms with van der Waals surface area (Å²) in [6.45, 7) is 7.80. The zero-order valence-electron chi connectivity index (χ0n) is 16.7. The summed E-state index contributed by atoms with van der Waals surface area (Å²) >= 11 is 5.86. The number of piperazine rings is 2. The summed E-state index contributed by atoms with van der Waals surface area (Å²) in [5.74, 6) is -0.704. The lowest BCUT2D eigenvalue weighted by Gasteiger charge is -2.38. The monoisotopic (exact) mass is 421 g/mol. The Bertz CT molecular complexity index is 734. The van der Waals surface area contributed by atoms with Gasteiger partial charge < -0.3 is 20.4 Å². The zero-order valence-corrected chi connectivity index (χ0v) is 17.5. The maximum Gasteiger partial charge on any atom is 0.243 e. The number of rotatable bonds is 6. The molecule has 1 unspecified atom stereocenters. The van der Waals surface area contributed by atoms with Crippen molar-refractivity contribution in [3.63, 3.8) is 0 Å². The van der Waals surface area contributed by atoms with Crippen molar-refractivity contribution in [2.45, 2.75) is 19.4 Å². The number of anilines is 1. The summed E-state index contributed by atoms with van der Waals surface area (Å²) < 4.78 is 0. The van der Waals surface area contributed by atoms with Crippen LogP contribution in [0.4, 0.5) is 5.69 Å². The molecule has 2 fully saturated rings. The molecule has 8 nitrogen and oxygen atoms in total. The van der Waals surface area contributed by atoms with Crippen LogP contribution >= 0.6 is 11.6 Å². The molecule has 2 N–H and O–H groups in total. The standard InChI is InChI=1S/C20H28ClN5O3/c1-2-24-9-11-25(12-10-24)14-19(28)26-8-7-22-20(29)17(26)13-18(27)23-16-5-3-15(21)4-6-16/h3-6,17H,2,7-14H2,1H3,(H,22,29)(H,23,27). The van der Waals surface area contributed by atoms with Crippen LogP contribution < -0.4 is 10.6 Å². The molecular formula is C20H28ClN5O3. The van der Waals surface area contributed by atoms with Gasteiger partial charge in [0.15, 0.2) is 0 Å². The van der Waals surface area contributed by atoms with Crippen LogP contribution in [0.1, 0.15) is 13.3 Å². The second kappa shape index (κ2) is 10.0. The molecule has 1 aromatic carbocycles. The largest absolute Gasteiger partial charge is 0.353 e. The van der Waals surface area contributed by atoms with Gasteiger partial charge in [0.2, 0.25) is 17.7 Å². The van der Waals surface area contributed by atoms with Crippen LogP contribution in [0.25, 0.3) is 0 Å². The fourth-order valence-corrected chi connectivity index (χ4v) is 3.81. The zero-order chi connectivity index (χ0) is 20.8. The fraction of sp³-hybridized carbons (Fsp3) is 0.550. The average molecular weight is 422 g/mol. The van der Waals surface area contributed by atoms with Gasteiger partial charge in [0.1, 0.15) is 6.04 Å². The van der Waals surface area contributed by atoms with Crippen molar-refractivity contribution in [2.24, 2.45) is 0 Å². The summed E-state index contributed by atoms with van der Waals surface area (Å²) in [6, 6.07) is 5.96. The Balaban J connectivity index is 1.58. The highest BCUT2D eigenvalue weighted by Gasteiger charge is 2.35. The van der Waals surface area contributed by atoms with Crippen molar-refractivity contribution in [3.8, 4) is 0 Å². The Morgan fingerprint density at radius 3 is 2.41 bits per heavy atom. The lowest BCUT2D eigenvalue weighted by molar-refractivity contribution is -0.145. The van der Waals surface area contributed by atoms with Crippen LogP contribution in [0.5, 0.6) is 0 Å². The third kappa shape index (κ3) is 5.91. The lowest BCUT2D eigenvalue weighted by Crippen LogP contribution is -2.60. The molecule has 9 heteroatoms. The number of halogens is 1. The van der Waals surface area contributed by atoms with Crippen molar-refractivity contribution in [3.05, 3.63) is 29.3 Å². The van der Waals surface area contributed by atoms with Crippen LogP contribution in [0.3, 0.4) is 0 Å². The van der Waals surface area contributed by atoms with E-state index < -0.39 is 6.04 Å². The molecular weight excluding hydrogens is 394 g/mol. The maximum atomic E-state index is 12.9. The van der Waals surface area contributed by atoms with E-state index in [1.165, 1.54) is 0 Å². The van der Waals surface area contributed by atoms with E-state index in [-0.39, 0.29) is 30.7 Å². The molecule has 0 saturated carbocycles. The fourth-order valence-electron chi connectivity index (χ4n) is 3.68.